The molecule has 2 aliphatic heterocycles. The number of hydrogen-bond acceptors (Lipinski definition) is 7. The zero-order valence-electron chi connectivity index (χ0n) is 27.3. The molecule has 0 N–H and O–H groups in total. The molecule has 1 unspecified atom stereocenters. The Morgan fingerprint density at radius 3 is 2.43 bits per heavy atom. The maximum atomic E-state index is 12.1. The Morgan fingerprint density at radius 2 is 1.80 bits per heavy atom. The average Bonchev–Trinajstić information content (AvgIpc) is 3.30. The van der Waals surface area contributed by atoms with E-state index in [0.29, 0.717) is 17.1 Å². The fourth-order valence-electron chi connectivity index (χ4n) is 6.35. The van der Waals surface area contributed by atoms with Gasteiger partial charge in [-0.3, -0.25) is 9.00 Å². The maximum Gasteiger partial charge on any atom is 1.00 e. The van der Waals surface area contributed by atoms with Crippen molar-refractivity contribution < 1.29 is 79.1 Å². The standard InChI is InChI=1S/C34H44N2O5S2.K/c1-8-35-28-19-17-25(43(39)40)22-27(28)34(6,7)31(35)14-12-15-32-33(4,5)26-21-24(42-41-38)16-18-29(26)36(32)20-11-9-10-13-30(37)23(2)3;/h12,14-19,21-23H,8-11,13,20H2,1-7H3,(H-,38,39,40);/q;+1/p-1. The summed E-state index contributed by atoms with van der Waals surface area (Å²) in [4.78, 5) is 15.4. The molecule has 0 bridgehead atoms. The number of benzene rings is 2. The van der Waals surface area contributed by atoms with Crippen LogP contribution in [0, 0.1) is 5.92 Å². The van der Waals surface area contributed by atoms with Crippen molar-refractivity contribution in [2.75, 3.05) is 18.0 Å². The minimum absolute atomic E-state index is 0. The summed E-state index contributed by atoms with van der Waals surface area (Å²) in [5.74, 6) is 0.395. The Kier molecular flexibility index (Phi) is 13.5. The van der Waals surface area contributed by atoms with Crippen LogP contribution in [0.2, 0.25) is 0 Å². The Bertz CT molecular complexity index is 1500. The predicted octanol–water partition coefficient (Wildman–Crippen LogP) is 3.65. The van der Waals surface area contributed by atoms with Crippen LogP contribution < -0.4 is 61.5 Å². The fourth-order valence-corrected chi connectivity index (χ4v) is 7.11. The molecule has 0 spiro atoms. The Morgan fingerprint density at radius 1 is 1.07 bits per heavy atom. The number of anilines is 1. The van der Waals surface area contributed by atoms with Crippen LogP contribution in [0.15, 0.2) is 70.1 Å². The second-order valence-electron chi connectivity index (χ2n) is 12.6. The minimum atomic E-state index is -2.28. The number of fused-ring (bicyclic) bond motifs is 2. The molecule has 2 aromatic carbocycles. The summed E-state index contributed by atoms with van der Waals surface area (Å²) in [7, 11) is 0. The third-order valence-corrected chi connectivity index (χ3v) is 9.98. The van der Waals surface area contributed by atoms with Crippen molar-refractivity contribution in [3.05, 3.63) is 71.5 Å². The molecule has 0 saturated heterocycles. The van der Waals surface area contributed by atoms with E-state index in [1.807, 2.05) is 32.0 Å². The van der Waals surface area contributed by atoms with Crippen molar-refractivity contribution in [2.45, 2.75) is 94.8 Å². The molecule has 2 heterocycles. The quantitative estimate of drug-likeness (QED) is 0.0615. The van der Waals surface area contributed by atoms with Gasteiger partial charge in [-0.1, -0.05) is 33.8 Å². The second-order valence-corrected chi connectivity index (χ2v) is 14.3. The van der Waals surface area contributed by atoms with E-state index in [2.05, 4.69) is 72.7 Å². The first-order valence-corrected chi connectivity index (χ1v) is 16.8. The van der Waals surface area contributed by atoms with E-state index >= 15 is 0 Å². The van der Waals surface area contributed by atoms with Crippen LogP contribution in [0.5, 0.6) is 0 Å². The molecular formula is C34H43KN2O5S2. The molecule has 0 amide bonds. The van der Waals surface area contributed by atoms with Crippen LogP contribution >= 0.6 is 12.0 Å². The largest absolute Gasteiger partial charge is 1.00 e. The molecule has 0 radical (unpaired) electrons. The molecular weight excluding hydrogens is 620 g/mol. The van der Waals surface area contributed by atoms with E-state index in [4.69, 9.17) is 0 Å². The van der Waals surface area contributed by atoms with E-state index in [-0.39, 0.29) is 68.1 Å². The molecule has 4 rings (SSSR count). The van der Waals surface area contributed by atoms with E-state index in [9.17, 15) is 18.8 Å². The summed E-state index contributed by atoms with van der Waals surface area (Å²) >= 11 is -1.46. The fraction of sp³-hybridized carbons (Fsp3) is 0.471. The van der Waals surface area contributed by atoms with Gasteiger partial charge >= 0.3 is 51.4 Å². The van der Waals surface area contributed by atoms with Gasteiger partial charge in [-0.2, -0.15) is 4.58 Å². The molecule has 0 fully saturated rings. The molecule has 44 heavy (non-hydrogen) atoms. The molecule has 1 atom stereocenters. The van der Waals surface area contributed by atoms with Gasteiger partial charge in [-0.05, 0) is 86.7 Å². The minimum Gasteiger partial charge on any atom is -0.768 e. The monoisotopic (exact) mass is 662 g/mol. The zero-order valence-corrected chi connectivity index (χ0v) is 32.0. The normalized spacial score (nSPS) is 18.2. The van der Waals surface area contributed by atoms with Crippen molar-refractivity contribution >= 4 is 46.0 Å². The Labute approximate surface area is 312 Å². The van der Waals surface area contributed by atoms with Crippen LogP contribution in [0.25, 0.3) is 0 Å². The van der Waals surface area contributed by atoms with E-state index in [1.165, 1.54) is 0 Å². The Balaban J connectivity index is 0.00000529. The van der Waals surface area contributed by atoms with Gasteiger partial charge in [0.05, 0.1) is 5.41 Å². The van der Waals surface area contributed by atoms with Crippen molar-refractivity contribution in [1.29, 1.82) is 0 Å². The Hall–Kier alpha value is -0.924. The van der Waals surface area contributed by atoms with Gasteiger partial charge in [0, 0.05) is 81.6 Å². The van der Waals surface area contributed by atoms with Crippen LogP contribution in [0.3, 0.4) is 0 Å². The third-order valence-electron chi connectivity index (χ3n) is 8.82. The number of likely N-dealkylation sites (N-methyl/N-ethyl adjacent to an activating group) is 1. The second kappa shape index (κ2) is 15.8. The van der Waals surface area contributed by atoms with Crippen LogP contribution in [0.4, 0.5) is 11.4 Å². The summed E-state index contributed by atoms with van der Waals surface area (Å²) in [5, 5.41) is 10.9. The maximum absolute atomic E-state index is 12.1. The van der Waals surface area contributed by atoms with Gasteiger partial charge in [-0.15, -0.1) is 0 Å². The molecule has 0 aromatic heterocycles. The number of unbranched alkanes of at least 4 members (excludes halogenated alkanes) is 2. The van der Waals surface area contributed by atoms with Gasteiger partial charge in [-0.25, -0.2) is 0 Å². The summed E-state index contributed by atoms with van der Waals surface area (Å²) in [6, 6.07) is 11.4. The molecule has 2 aliphatic rings. The number of nitrogens with zero attached hydrogens (tertiary/aromatic N) is 2. The molecule has 7 nitrogen and oxygen atoms in total. The predicted molar refractivity (Wildman–Crippen MR) is 171 cm³/mol. The van der Waals surface area contributed by atoms with Gasteiger partial charge in [0.1, 0.15) is 12.3 Å². The van der Waals surface area contributed by atoms with Gasteiger partial charge in [0.2, 0.25) is 5.69 Å². The molecule has 0 aliphatic carbocycles. The van der Waals surface area contributed by atoms with Crippen LogP contribution in [0.1, 0.15) is 85.3 Å². The van der Waals surface area contributed by atoms with Gasteiger partial charge < -0.3 is 19.0 Å². The van der Waals surface area contributed by atoms with Gasteiger partial charge in [0.25, 0.3) is 0 Å². The number of ketones is 1. The molecule has 2 aromatic rings. The van der Waals surface area contributed by atoms with Crippen molar-refractivity contribution in [3.63, 3.8) is 0 Å². The van der Waals surface area contributed by atoms with E-state index < -0.39 is 11.1 Å². The summed E-state index contributed by atoms with van der Waals surface area (Å²) in [6.45, 7) is 16.3. The summed E-state index contributed by atoms with van der Waals surface area (Å²) < 4.78 is 29.8. The first-order valence-electron chi connectivity index (χ1n) is 15.0. The first-order chi connectivity index (χ1) is 20.3. The van der Waals surface area contributed by atoms with E-state index in [0.717, 1.165) is 83.2 Å². The topological polar surface area (TPSA) is 95.7 Å². The summed E-state index contributed by atoms with van der Waals surface area (Å²) in [5.41, 5.74) is 5.86. The molecule has 232 valence electrons. The van der Waals surface area contributed by atoms with Crippen molar-refractivity contribution in [3.8, 4) is 0 Å². The number of allylic oxidation sites excluding steroid dienone is 4. The number of hydrogen-bond donors (Lipinski definition) is 0. The molecule has 10 heteroatoms. The van der Waals surface area contributed by atoms with Crippen molar-refractivity contribution in [2.24, 2.45) is 5.92 Å². The van der Waals surface area contributed by atoms with Crippen LogP contribution in [-0.2, 0) is 31.0 Å². The number of carbonyl (C=O) groups excluding carboxylic acids is 1. The average molecular weight is 663 g/mol. The third kappa shape index (κ3) is 7.78. The number of rotatable bonds is 13. The SMILES string of the molecule is CCN1/C(=C/C=C/C2=[N+](CCCCCC(=O)C(C)C)c3ccc(SO[O-])cc3C2(C)C)C(C)(C)c2cc(S(=O)[O-])ccc21.[K+]. The molecule has 0 saturated carbocycles. The number of Topliss-reactive ketones (excluding diaryl/α,β-unsaturated/α-hetero) is 1. The zero-order chi connectivity index (χ0) is 31.5. The van der Waals surface area contributed by atoms with Crippen molar-refractivity contribution in [1.82, 2.24) is 0 Å². The number of carbonyl (C=O) groups is 1. The van der Waals surface area contributed by atoms with Crippen LogP contribution in [-0.4, -0.2) is 37.9 Å². The van der Waals surface area contributed by atoms with E-state index in [1.54, 1.807) is 12.1 Å². The first kappa shape index (κ1) is 37.5. The smallest absolute Gasteiger partial charge is 0.768 e. The summed E-state index contributed by atoms with van der Waals surface area (Å²) in [6.07, 6.45) is 9.86. The van der Waals surface area contributed by atoms with Gasteiger partial charge in [0.15, 0.2) is 5.71 Å².